The number of sulfonamides is 1. The van der Waals surface area contributed by atoms with Crippen LogP contribution in [0.1, 0.15) is 20.3 Å². The molecule has 0 amide bonds. The molecule has 0 bridgehead atoms. The molecule has 1 heterocycles. The van der Waals surface area contributed by atoms with Crippen LogP contribution in [0.2, 0.25) is 0 Å². The minimum Gasteiger partial charge on any atom is -0.266 e. The second-order valence-corrected chi connectivity index (χ2v) is 4.82. The van der Waals surface area contributed by atoms with Gasteiger partial charge in [-0.2, -0.15) is 9.40 Å². The summed E-state index contributed by atoms with van der Waals surface area (Å²) in [6.45, 7) is 4.79. The Morgan fingerprint density at radius 2 is 2.21 bits per heavy atom. The average molecular weight is 217 g/mol. The predicted octanol–water partition coefficient (Wildman–Crippen LogP) is 0.830. The first-order chi connectivity index (χ1) is 6.62. The van der Waals surface area contributed by atoms with E-state index >= 15 is 0 Å². The molecule has 0 radical (unpaired) electrons. The van der Waals surface area contributed by atoms with E-state index in [1.54, 1.807) is 0 Å². The van der Waals surface area contributed by atoms with Crippen LogP contribution in [0, 0.1) is 0 Å². The van der Waals surface area contributed by atoms with Crippen molar-refractivity contribution in [3.8, 4) is 0 Å². The second kappa shape index (κ2) is 4.56. The summed E-state index contributed by atoms with van der Waals surface area (Å²) in [5.74, 6) is 0. The zero-order valence-electron chi connectivity index (χ0n) is 8.40. The van der Waals surface area contributed by atoms with Crippen LogP contribution in [0.5, 0.6) is 0 Å². The lowest BCUT2D eigenvalue weighted by Crippen LogP contribution is -2.31. The van der Waals surface area contributed by atoms with Crippen molar-refractivity contribution >= 4 is 10.0 Å². The van der Waals surface area contributed by atoms with E-state index in [1.807, 2.05) is 13.8 Å². The molecule has 5 nitrogen and oxygen atoms in total. The predicted molar refractivity (Wildman–Crippen MR) is 53.3 cm³/mol. The highest BCUT2D eigenvalue weighted by molar-refractivity contribution is 7.89. The fraction of sp³-hybridized carbons (Fsp3) is 0.625. The van der Waals surface area contributed by atoms with Crippen LogP contribution < -0.4 is 0 Å². The maximum Gasteiger partial charge on any atom is 0.259 e. The maximum absolute atomic E-state index is 11.9. The second-order valence-electron chi connectivity index (χ2n) is 2.92. The van der Waals surface area contributed by atoms with Crippen molar-refractivity contribution in [2.75, 3.05) is 13.1 Å². The van der Waals surface area contributed by atoms with Gasteiger partial charge in [0.05, 0.1) is 6.20 Å². The third-order valence-corrected chi connectivity index (χ3v) is 3.82. The number of rotatable bonds is 5. The Hall–Kier alpha value is -0.880. The first-order valence-electron chi connectivity index (χ1n) is 4.62. The summed E-state index contributed by atoms with van der Waals surface area (Å²) in [6.07, 6.45) is 2.24. The highest BCUT2D eigenvalue weighted by Crippen LogP contribution is 2.11. The molecule has 6 heteroatoms. The first-order valence-corrected chi connectivity index (χ1v) is 6.06. The minimum absolute atomic E-state index is 0.160. The lowest BCUT2D eigenvalue weighted by Gasteiger charge is -2.18. The fourth-order valence-corrected chi connectivity index (χ4v) is 2.67. The van der Waals surface area contributed by atoms with Gasteiger partial charge in [-0.3, -0.25) is 5.10 Å². The van der Waals surface area contributed by atoms with Crippen LogP contribution in [0.4, 0.5) is 0 Å². The molecule has 0 spiro atoms. The monoisotopic (exact) mass is 217 g/mol. The molecule has 0 saturated heterocycles. The zero-order chi connectivity index (χ0) is 10.6. The van der Waals surface area contributed by atoms with E-state index in [2.05, 4.69) is 10.2 Å². The van der Waals surface area contributed by atoms with Gasteiger partial charge in [-0.1, -0.05) is 13.8 Å². The summed E-state index contributed by atoms with van der Waals surface area (Å²) in [4.78, 5) is 0. The smallest absolute Gasteiger partial charge is 0.259 e. The summed E-state index contributed by atoms with van der Waals surface area (Å²) >= 11 is 0. The summed E-state index contributed by atoms with van der Waals surface area (Å²) in [7, 11) is -3.35. The largest absolute Gasteiger partial charge is 0.266 e. The number of nitrogens with one attached hydrogen (secondary N) is 1. The third-order valence-electron chi connectivity index (χ3n) is 1.92. The molecule has 0 fully saturated rings. The molecule has 1 N–H and O–H groups in total. The van der Waals surface area contributed by atoms with Gasteiger partial charge in [-0.05, 0) is 12.5 Å². The number of aromatic nitrogens is 2. The molecule has 80 valence electrons. The van der Waals surface area contributed by atoms with Crippen molar-refractivity contribution in [1.82, 2.24) is 14.5 Å². The molecule has 14 heavy (non-hydrogen) atoms. The van der Waals surface area contributed by atoms with Crippen LogP contribution >= 0.6 is 0 Å². The van der Waals surface area contributed by atoms with Gasteiger partial charge >= 0.3 is 0 Å². The summed E-state index contributed by atoms with van der Waals surface area (Å²) in [6, 6.07) is 1.47. The molecule has 0 atom stereocenters. The average Bonchev–Trinajstić information content (AvgIpc) is 2.66. The molecule has 0 aromatic carbocycles. The topological polar surface area (TPSA) is 66.1 Å². The Kier molecular flexibility index (Phi) is 3.65. The number of hydrogen-bond donors (Lipinski definition) is 1. The molecular formula is C8H15N3O2S. The molecule has 0 unspecified atom stereocenters. The Bertz CT molecular complexity index is 358. The molecule has 1 aromatic heterocycles. The van der Waals surface area contributed by atoms with E-state index < -0.39 is 10.0 Å². The molecule has 1 aromatic rings. The fourth-order valence-electron chi connectivity index (χ4n) is 1.22. The molecule has 0 aliphatic carbocycles. The van der Waals surface area contributed by atoms with E-state index in [4.69, 9.17) is 0 Å². The lowest BCUT2D eigenvalue weighted by molar-refractivity contribution is 0.425. The van der Waals surface area contributed by atoms with Crippen molar-refractivity contribution in [2.45, 2.75) is 25.3 Å². The van der Waals surface area contributed by atoms with E-state index in [-0.39, 0.29) is 5.03 Å². The van der Waals surface area contributed by atoms with E-state index in [1.165, 1.54) is 16.6 Å². The van der Waals surface area contributed by atoms with Gasteiger partial charge in [-0.25, -0.2) is 8.42 Å². The summed E-state index contributed by atoms with van der Waals surface area (Å²) < 4.78 is 25.2. The molecule has 1 rings (SSSR count). The molecule has 0 aliphatic rings. The standard InChI is InChI=1S/C8H15N3O2S/c1-3-7-11(4-2)14(12,13)8-5-6-9-10-8/h5-6H,3-4,7H2,1-2H3,(H,9,10). The highest BCUT2D eigenvalue weighted by Gasteiger charge is 2.22. The summed E-state index contributed by atoms with van der Waals surface area (Å²) in [5.41, 5.74) is 0. The SMILES string of the molecule is CCCN(CC)S(=O)(=O)c1ccn[nH]1. The van der Waals surface area contributed by atoms with Crippen molar-refractivity contribution in [3.05, 3.63) is 12.3 Å². The maximum atomic E-state index is 11.9. The van der Waals surface area contributed by atoms with E-state index in [0.29, 0.717) is 13.1 Å². The van der Waals surface area contributed by atoms with E-state index in [9.17, 15) is 8.42 Å². The Labute approximate surface area is 84.2 Å². The lowest BCUT2D eigenvalue weighted by atomic mass is 10.5. The van der Waals surface area contributed by atoms with Crippen LogP contribution in [-0.4, -0.2) is 36.0 Å². The molecule has 0 saturated carbocycles. The van der Waals surface area contributed by atoms with Gasteiger partial charge in [-0.15, -0.1) is 0 Å². The van der Waals surface area contributed by atoms with Gasteiger partial charge in [0.2, 0.25) is 0 Å². The van der Waals surface area contributed by atoms with Gasteiger partial charge in [0.25, 0.3) is 10.0 Å². The van der Waals surface area contributed by atoms with Crippen molar-refractivity contribution in [1.29, 1.82) is 0 Å². The van der Waals surface area contributed by atoms with Crippen LogP contribution in [0.15, 0.2) is 17.3 Å². The quantitative estimate of drug-likeness (QED) is 0.794. The molecular weight excluding hydrogens is 202 g/mol. The van der Waals surface area contributed by atoms with Crippen LogP contribution in [0.25, 0.3) is 0 Å². The van der Waals surface area contributed by atoms with Crippen LogP contribution in [0.3, 0.4) is 0 Å². The van der Waals surface area contributed by atoms with Crippen molar-refractivity contribution in [2.24, 2.45) is 0 Å². The van der Waals surface area contributed by atoms with Gasteiger partial charge in [0.15, 0.2) is 5.03 Å². The van der Waals surface area contributed by atoms with E-state index in [0.717, 1.165) is 6.42 Å². The van der Waals surface area contributed by atoms with Crippen molar-refractivity contribution < 1.29 is 8.42 Å². The Morgan fingerprint density at radius 1 is 1.50 bits per heavy atom. The number of aromatic amines is 1. The zero-order valence-corrected chi connectivity index (χ0v) is 9.21. The van der Waals surface area contributed by atoms with Crippen molar-refractivity contribution in [3.63, 3.8) is 0 Å². The van der Waals surface area contributed by atoms with Gasteiger partial charge in [0, 0.05) is 13.1 Å². The van der Waals surface area contributed by atoms with Gasteiger partial charge in [0.1, 0.15) is 0 Å². The third kappa shape index (κ3) is 2.13. The molecule has 0 aliphatic heterocycles. The Morgan fingerprint density at radius 3 is 2.64 bits per heavy atom. The van der Waals surface area contributed by atoms with Gasteiger partial charge < -0.3 is 0 Å². The van der Waals surface area contributed by atoms with Crippen LogP contribution in [-0.2, 0) is 10.0 Å². The number of hydrogen-bond acceptors (Lipinski definition) is 3. The number of nitrogens with zero attached hydrogens (tertiary/aromatic N) is 2. The Balaban J connectivity index is 2.94. The normalized spacial score (nSPS) is 12.2. The highest BCUT2D eigenvalue weighted by atomic mass is 32.2. The minimum atomic E-state index is -3.35. The summed E-state index contributed by atoms with van der Waals surface area (Å²) in [5, 5.41) is 6.27. The number of H-pyrrole nitrogens is 1. The first kappa shape index (κ1) is 11.2.